The molecule has 1 unspecified atom stereocenters. The van der Waals surface area contributed by atoms with Crippen molar-refractivity contribution < 1.29 is 4.74 Å². The SMILES string of the molecule is c1cncc(C2NC3=NCN(CCCN4CCOCC4)CN3c3nc4ccccc4n32)c1. The molecule has 2 aromatic heterocycles. The summed E-state index contributed by atoms with van der Waals surface area (Å²) in [4.78, 5) is 21.3. The molecule has 1 saturated heterocycles. The van der Waals surface area contributed by atoms with Crippen LogP contribution >= 0.6 is 0 Å². The first-order valence-electron chi connectivity index (χ1n) is 11.3. The van der Waals surface area contributed by atoms with Crippen LogP contribution in [0.1, 0.15) is 18.2 Å². The van der Waals surface area contributed by atoms with Gasteiger partial charge in [0.05, 0.1) is 37.6 Å². The third-order valence-corrected chi connectivity index (χ3v) is 6.41. The quantitative estimate of drug-likeness (QED) is 0.658. The summed E-state index contributed by atoms with van der Waals surface area (Å²) < 4.78 is 7.72. The first-order valence-corrected chi connectivity index (χ1v) is 11.3. The number of hydrogen-bond donors (Lipinski definition) is 1. The van der Waals surface area contributed by atoms with Crippen LogP contribution in [-0.4, -0.2) is 83.0 Å². The zero-order chi connectivity index (χ0) is 21.3. The van der Waals surface area contributed by atoms with Gasteiger partial charge in [-0.3, -0.25) is 24.3 Å². The van der Waals surface area contributed by atoms with Crippen LogP contribution in [0.25, 0.3) is 11.0 Å². The largest absolute Gasteiger partial charge is 0.379 e. The van der Waals surface area contributed by atoms with Crippen LogP contribution in [0.15, 0.2) is 53.8 Å². The van der Waals surface area contributed by atoms with Gasteiger partial charge in [-0.15, -0.1) is 0 Å². The number of pyridine rings is 1. The van der Waals surface area contributed by atoms with Gasteiger partial charge in [-0.2, -0.15) is 0 Å². The summed E-state index contributed by atoms with van der Waals surface area (Å²) in [6, 6.07) is 12.4. The van der Waals surface area contributed by atoms with E-state index in [4.69, 9.17) is 14.7 Å². The molecule has 3 aliphatic heterocycles. The number of aliphatic imine (C=N–C) groups is 1. The lowest BCUT2D eigenvalue weighted by Gasteiger charge is -2.41. The summed E-state index contributed by atoms with van der Waals surface area (Å²) in [6.45, 7) is 7.37. The Labute approximate surface area is 187 Å². The smallest absolute Gasteiger partial charge is 0.216 e. The Hall–Kier alpha value is -3.01. The van der Waals surface area contributed by atoms with E-state index in [-0.39, 0.29) is 6.17 Å². The maximum absolute atomic E-state index is 5.46. The zero-order valence-corrected chi connectivity index (χ0v) is 18.1. The van der Waals surface area contributed by atoms with Crippen molar-refractivity contribution in [2.24, 2.45) is 4.99 Å². The van der Waals surface area contributed by atoms with E-state index in [1.165, 1.54) is 0 Å². The summed E-state index contributed by atoms with van der Waals surface area (Å²) in [5.41, 5.74) is 3.18. The lowest BCUT2D eigenvalue weighted by atomic mass is 10.2. The van der Waals surface area contributed by atoms with E-state index in [1.807, 2.05) is 18.3 Å². The molecule has 0 radical (unpaired) electrons. The highest BCUT2D eigenvalue weighted by atomic mass is 16.5. The van der Waals surface area contributed by atoms with Gasteiger partial charge in [0.1, 0.15) is 6.17 Å². The van der Waals surface area contributed by atoms with Crippen LogP contribution in [0.3, 0.4) is 0 Å². The molecule has 9 heteroatoms. The van der Waals surface area contributed by atoms with E-state index in [2.05, 4.69) is 53.8 Å². The number of aromatic nitrogens is 3. The van der Waals surface area contributed by atoms with Crippen LogP contribution in [0.2, 0.25) is 0 Å². The van der Waals surface area contributed by atoms with Crippen LogP contribution in [0, 0.1) is 0 Å². The van der Waals surface area contributed by atoms with Crippen molar-refractivity contribution in [3.8, 4) is 0 Å². The summed E-state index contributed by atoms with van der Waals surface area (Å²) in [6.07, 6.45) is 4.75. The van der Waals surface area contributed by atoms with E-state index in [0.717, 1.165) is 81.0 Å². The number of guanidine groups is 1. The minimum atomic E-state index is -0.0889. The van der Waals surface area contributed by atoms with Gasteiger partial charge in [0.25, 0.3) is 0 Å². The van der Waals surface area contributed by atoms with Crippen LogP contribution < -0.4 is 10.2 Å². The van der Waals surface area contributed by atoms with Gasteiger partial charge in [0.2, 0.25) is 11.9 Å². The Morgan fingerprint density at radius 3 is 2.78 bits per heavy atom. The number of anilines is 1. The molecule has 1 atom stereocenters. The van der Waals surface area contributed by atoms with Gasteiger partial charge in [0, 0.05) is 37.6 Å². The predicted molar refractivity (Wildman–Crippen MR) is 123 cm³/mol. The fraction of sp³-hybridized carbons (Fsp3) is 0.435. The molecule has 1 aromatic carbocycles. The normalized spacial score (nSPS) is 21.7. The molecule has 0 spiro atoms. The van der Waals surface area contributed by atoms with Crippen molar-refractivity contribution >= 4 is 22.9 Å². The summed E-state index contributed by atoms with van der Waals surface area (Å²) in [7, 11) is 0. The molecule has 3 aliphatic rings. The minimum absolute atomic E-state index is 0.0889. The number of morpholine rings is 1. The van der Waals surface area contributed by atoms with E-state index >= 15 is 0 Å². The maximum Gasteiger partial charge on any atom is 0.216 e. The zero-order valence-electron chi connectivity index (χ0n) is 18.1. The Morgan fingerprint density at radius 2 is 1.91 bits per heavy atom. The highest BCUT2D eigenvalue weighted by molar-refractivity contribution is 5.98. The lowest BCUT2D eigenvalue weighted by molar-refractivity contribution is 0.0361. The van der Waals surface area contributed by atoms with Crippen molar-refractivity contribution in [1.29, 1.82) is 0 Å². The molecule has 1 N–H and O–H groups in total. The van der Waals surface area contributed by atoms with Crippen molar-refractivity contribution in [2.75, 3.05) is 57.6 Å². The number of imidazole rings is 1. The number of nitrogens with zero attached hydrogens (tertiary/aromatic N) is 7. The molecular formula is C23H28N8O. The highest BCUT2D eigenvalue weighted by Gasteiger charge is 2.35. The number of rotatable bonds is 5. The van der Waals surface area contributed by atoms with Gasteiger partial charge in [-0.1, -0.05) is 18.2 Å². The third kappa shape index (κ3) is 3.62. The van der Waals surface area contributed by atoms with E-state index < -0.39 is 0 Å². The molecule has 0 aliphatic carbocycles. The number of nitrogens with one attached hydrogen (secondary N) is 1. The number of ether oxygens (including phenoxy) is 1. The van der Waals surface area contributed by atoms with Gasteiger partial charge in [-0.05, 0) is 31.2 Å². The summed E-state index contributed by atoms with van der Waals surface area (Å²) in [5.74, 6) is 1.81. The standard InChI is InChI=1S/C23H28N8O/c1-2-7-20-19(6-1)26-23-30-17-29(10-4-9-28-11-13-32-14-12-28)16-25-22(30)27-21(31(20)23)18-5-3-8-24-15-18/h1-3,5-8,15,21H,4,9-14,16-17H2,(H,25,27). The second-order valence-corrected chi connectivity index (χ2v) is 8.50. The average molecular weight is 433 g/mol. The molecular weight excluding hydrogens is 404 g/mol. The minimum Gasteiger partial charge on any atom is -0.379 e. The number of benzene rings is 1. The Bertz CT molecular complexity index is 1110. The van der Waals surface area contributed by atoms with Crippen LogP contribution in [0.5, 0.6) is 0 Å². The van der Waals surface area contributed by atoms with Gasteiger partial charge in [0.15, 0.2) is 0 Å². The maximum atomic E-state index is 5.46. The first-order chi connectivity index (χ1) is 15.9. The molecule has 0 bridgehead atoms. The topological polar surface area (TPSA) is 74.1 Å². The van der Waals surface area contributed by atoms with Crippen molar-refractivity contribution in [2.45, 2.75) is 12.6 Å². The van der Waals surface area contributed by atoms with Gasteiger partial charge >= 0.3 is 0 Å². The Balaban J connectivity index is 1.26. The van der Waals surface area contributed by atoms with E-state index in [9.17, 15) is 0 Å². The molecule has 0 saturated carbocycles. The Morgan fingerprint density at radius 1 is 1.03 bits per heavy atom. The molecule has 9 nitrogen and oxygen atoms in total. The molecule has 1 fully saturated rings. The molecule has 3 aromatic rings. The van der Waals surface area contributed by atoms with Crippen molar-refractivity contribution in [3.63, 3.8) is 0 Å². The first kappa shape index (κ1) is 19.7. The number of fused-ring (bicyclic) bond motifs is 5. The van der Waals surface area contributed by atoms with Crippen molar-refractivity contribution in [3.05, 3.63) is 54.4 Å². The molecule has 32 heavy (non-hydrogen) atoms. The fourth-order valence-electron chi connectivity index (χ4n) is 4.76. The second-order valence-electron chi connectivity index (χ2n) is 8.50. The molecule has 5 heterocycles. The van der Waals surface area contributed by atoms with Crippen LogP contribution in [0.4, 0.5) is 5.95 Å². The number of hydrogen-bond acceptors (Lipinski definition) is 8. The van der Waals surface area contributed by atoms with E-state index in [1.54, 1.807) is 6.20 Å². The summed E-state index contributed by atoms with van der Waals surface area (Å²) in [5, 5.41) is 3.64. The Kier molecular flexibility index (Phi) is 5.22. The van der Waals surface area contributed by atoms with Crippen LogP contribution in [-0.2, 0) is 4.74 Å². The monoisotopic (exact) mass is 432 g/mol. The molecule has 0 amide bonds. The van der Waals surface area contributed by atoms with Crippen molar-refractivity contribution in [1.82, 2.24) is 29.7 Å². The summed E-state index contributed by atoms with van der Waals surface area (Å²) >= 11 is 0. The van der Waals surface area contributed by atoms with Gasteiger partial charge < -0.3 is 10.1 Å². The molecule has 6 rings (SSSR count). The number of para-hydroxylation sites is 2. The second kappa shape index (κ2) is 8.50. The van der Waals surface area contributed by atoms with Gasteiger partial charge in [-0.25, -0.2) is 9.98 Å². The average Bonchev–Trinajstić information content (AvgIpc) is 3.25. The van der Waals surface area contributed by atoms with E-state index in [0.29, 0.717) is 6.67 Å². The molecule has 166 valence electrons. The lowest BCUT2D eigenvalue weighted by Crippen LogP contribution is -2.57. The predicted octanol–water partition coefficient (Wildman–Crippen LogP) is 1.70. The third-order valence-electron chi connectivity index (χ3n) is 6.41. The fourth-order valence-corrected chi connectivity index (χ4v) is 4.76. The highest BCUT2D eigenvalue weighted by Crippen LogP contribution is 2.33.